The van der Waals surface area contributed by atoms with E-state index in [1.54, 1.807) is 6.92 Å². The molecule has 15 heteroatoms. The van der Waals surface area contributed by atoms with E-state index in [0.717, 1.165) is 12.8 Å². The molecule has 2 rings (SSSR count). The van der Waals surface area contributed by atoms with Gasteiger partial charge in [0.05, 0.1) is 12.0 Å². The van der Waals surface area contributed by atoms with Gasteiger partial charge in [-0.1, -0.05) is 63.3 Å². The van der Waals surface area contributed by atoms with E-state index in [1.807, 2.05) is 6.92 Å². The summed E-state index contributed by atoms with van der Waals surface area (Å²) in [6.45, 7) is 4.81. The molecule has 0 radical (unpaired) electrons. The fraction of sp³-hybridized carbons (Fsp3) is 0.481. The van der Waals surface area contributed by atoms with Crippen LogP contribution in [0.2, 0.25) is 0 Å². The van der Waals surface area contributed by atoms with Gasteiger partial charge in [0.1, 0.15) is 0 Å². The Morgan fingerprint density at radius 2 is 1.00 bits per heavy atom. The van der Waals surface area contributed by atoms with E-state index in [1.165, 1.54) is 6.92 Å². The van der Waals surface area contributed by atoms with E-state index in [-0.39, 0.29) is 105 Å². The van der Waals surface area contributed by atoms with Crippen LogP contribution in [0.5, 0.6) is 0 Å². The molecule has 42 heavy (non-hydrogen) atoms. The minimum Gasteiger partial charge on any atom is -0.465 e. The average molecular weight is 742 g/mol. The van der Waals surface area contributed by atoms with Crippen molar-refractivity contribution in [1.29, 1.82) is 0 Å². The van der Waals surface area contributed by atoms with Crippen LogP contribution in [0.4, 0.5) is 52.7 Å². The molecule has 0 spiro atoms. The maximum absolute atomic E-state index is 13.5. The third kappa shape index (κ3) is 10.9. The van der Waals surface area contributed by atoms with E-state index in [4.69, 9.17) is 4.74 Å². The first-order chi connectivity index (χ1) is 18.6. The first-order valence-electron chi connectivity index (χ1n) is 12.2. The Balaban J connectivity index is 0.00000882. The van der Waals surface area contributed by atoms with E-state index in [0.29, 0.717) is 12.8 Å². The van der Waals surface area contributed by atoms with Crippen LogP contribution in [0, 0.1) is 17.9 Å². The number of benzene rings is 2. The Hall–Kier alpha value is -1.01. The number of halogens is 12. The van der Waals surface area contributed by atoms with Crippen LogP contribution in [0.15, 0.2) is 36.4 Å². The van der Waals surface area contributed by atoms with Gasteiger partial charge in [-0.25, -0.2) is 0 Å². The molecule has 2 nitrogen and oxygen atoms in total. The molecule has 0 heterocycles. The summed E-state index contributed by atoms with van der Waals surface area (Å²) in [5, 5.41) is 0. The smallest absolute Gasteiger partial charge is 0.465 e. The Bertz CT molecular complexity index is 1060. The van der Waals surface area contributed by atoms with Crippen molar-refractivity contribution in [1.82, 2.24) is 0 Å². The van der Waals surface area contributed by atoms with Gasteiger partial charge in [0.2, 0.25) is 0 Å². The van der Waals surface area contributed by atoms with Crippen molar-refractivity contribution in [3.8, 4) is 0 Å². The second kappa shape index (κ2) is 14.8. The van der Waals surface area contributed by atoms with Crippen molar-refractivity contribution in [3.63, 3.8) is 0 Å². The number of hydrogen-bond donors (Lipinski definition) is 0. The topological polar surface area (TPSA) is 26.3 Å². The van der Waals surface area contributed by atoms with Gasteiger partial charge in [0.15, 0.2) is 0 Å². The fourth-order valence-electron chi connectivity index (χ4n) is 3.85. The normalized spacial score (nSPS) is 14.2. The van der Waals surface area contributed by atoms with Crippen molar-refractivity contribution < 1.29 is 131 Å². The quantitative estimate of drug-likeness (QED) is 0.119. The zero-order valence-corrected chi connectivity index (χ0v) is 29.1. The number of ether oxygens (including phenoxy) is 1. The zero-order valence-electron chi connectivity index (χ0n) is 22.8. The van der Waals surface area contributed by atoms with Crippen molar-refractivity contribution in [3.05, 3.63) is 75.9 Å². The van der Waals surface area contributed by atoms with Gasteiger partial charge >= 0.3 is 99.6 Å². The van der Waals surface area contributed by atoms with Crippen molar-refractivity contribution in [2.24, 2.45) is 11.8 Å². The molecule has 0 N–H and O–H groups in total. The van der Waals surface area contributed by atoms with Crippen molar-refractivity contribution >= 4 is 5.97 Å². The van der Waals surface area contributed by atoms with Gasteiger partial charge in [-0.3, -0.25) is 4.79 Å². The summed E-state index contributed by atoms with van der Waals surface area (Å²) >= 11 is 0. The molecule has 0 bridgehead atoms. The molecule has 2 unspecified atom stereocenters. The Morgan fingerprint density at radius 1 is 0.667 bits per heavy atom. The van der Waals surface area contributed by atoms with Crippen LogP contribution in [-0.4, -0.2) is 5.97 Å². The van der Waals surface area contributed by atoms with Crippen LogP contribution >= 0.6 is 0 Å². The van der Waals surface area contributed by atoms with E-state index < -0.39 is 82.0 Å². The van der Waals surface area contributed by atoms with Gasteiger partial charge in [0, 0.05) is 22.3 Å². The molecule has 230 valence electrons. The van der Waals surface area contributed by atoms with Crippen LogP contribution in [0.25, 0.3) is 0 Å². The van der Waals surface area contributed by atoms with Gasteiger partial charge in [-0.05, 0) is 12.3 Å². The summed E-state index contributed by atoms with van der Waals surface area (Å²) < 4.78 is 167. The predicted molar refractivity (Wildman–Crippen MR) is 123 cm³/mol. The summed E-state index contributed by atoms with van der Waals surface area (Å²) in [5.74, 6) is -2.78. The third-order valence-corrected chi connectivity index (χ3v) is 6.39. The summed E-state index contributed by atoms with van der Waals surface area (Å²) in [7, 11) is 0. The molecule has 0 aliphatic heterocycles. The molecule has 0 saturated heterocycles. The number of unbranched alkanes of at least 4 members (excludes halogenated alkanes) is 2. The number of carbonyl (C=O) groups is 1. The van der Waals surface area contributed by atoms with E-state index >= 15 is 0 Å². The van der Waals surface area contributed by atoms with Gasteiger partial charge < -0.3 is 4.74 Å². The minimum atomic E-state index is -5.41. The maximum atomic E-state index is 13.5. The van der Waals surface area contributed by atoms with Crippen LogP contribution in [0.1, 0.15) is 79.8 Å². The van der Waals surface area contributed by atoms with Gasteiger partial charge in [0.25, 0.3) is 0 Å². The maximum Gasteiger partial charge on any atom is 1.00 e. The molecule has 2 aromatic rings. The van der Waals surface area contributed by atoms with Crippen LogP contribution in [0.3, 0.4) is 0 Å². The van der Waals surface area contributed by atoms with Gasteiger partial charge in [-0.15, -0.1) is 24.3 Å². The number of esters is 1. The summed E-state index contributed by atoms with van der Waals surface area (Å²) in [6, 6.07) is -0.341. The largest absolute Gasteiger partial charge is 1.00 e. The molecule has 2 atom stereocenters. The second-order valence-electron chi connectivity index (χ2n) is 9.60. The minimum absolute atomic E-state index is 0. The molecule has 0 aliphatic carbocycles. The average Bonchev–Trinajstić information content (AvgIpc) is 2.84. The first kappa shape index (κ1) is 39.0. The number of rotatable bonds is 9. The second-order valence-corrected chi connectivity index (χ2v) is 9.60. The Kier molecular flexibility index (Phi) is 13.8. The number of hydrogen-bond acceptors (Lipinski definition) is 2. The molecule has 0 saturated carbocycles. The molecule has 0 fully saturated rings. The molecule has 0 amide bonds. The van der Waals surface area contributed by atoms with Crippen molar-refractivity contribution in [2.75, 3.05) is 0 Å². The van der Waals surface area contributed by atoms with Gasteiger partial charge in [-0.2, -0.15) is 52.7 Å². The Morgan fingerprint density at radius 3 is 1.29 bits per heavy atom. The standard InChI is InChI=1S/C27H25F12O2.Cs/c1-4-5-6-7-14(2)15(3)23(40)41-22(16-8-18(24(28,29)30)12-19(9-16)25(31,32)33)17-10-20(26(34,35)36)13-21(11-17)27(37,38)39;/h8-15H,4-7H2,1-3H3;/q-1;+1. The molecule has 0 aromatic heterocycles. The summed E-state index contributed by atoms with van der Waals surface area (Å²) in [4.78, 5) is 13.0. The number of alkyl halides is 12. The molecular weight excluding hydrogens is 717 g/mol. The Labute approximate surface area is 293 Å². The summed E-state index contributed by atoms with van der Waals surface area (Å²) in [5.41, 5.74) is -10.1. The molecule has 0 aliphatic rings. The van der Waals surface area contributed by atoms with E-state index in [2.05, 4.69) is 0 Å². The SMILES string of the molecule is CCCCCC(C)C(C)C(=O)O[C-](c1cc(C(F)(F)F)cc(C(F)(F)F)c1)c1cc(C(F)(F)F)cc(C(F)(F)F)c1.[Cs+]. The molecule has 2 aromatic carbocycles. The number of carbonyl (C=O) groups excluding carboxylic acids is 1. The first-order valence-corrected chi connectivity index (χ1v) is 12.2. The van der Waals surface area contributed by atoms with E-state index in [9.17, 15) is 57.5 Å². The summed E-state index contributed by atoms with van der Waals surface area (Å²) in [6.07, 6.45) is -20.3. The predicted octanol–water partition coefficient (Wildman–Crippen LogP) is 7.09. The zero-order chi connectivity index (χ0) is 31.6. The van der Waals surface area contributed by atoms with Crippen LogP contribution in [-0.2, 0) is 34.2 Å². The molecular formula is C27H25CsF12O2. The monoisotopic (exact) mass is 742 g/mol. The third-order valence-electron chi connectivity index (χ3n) is 6.39. The van der Waals surface area contributed by atoms with Crippen LogP contribution < -0.4 is 68.9 Å². The van der Waals surface area contributed by atoms with Crippen molar-refractivity contribution in [2.45, 2.75) is 71.2 Å². The fourth-order valence-corrected chi connectivity index (χ4v) is 3.85.